The van der Waals surface area contributed by atoms with Gasteiger partial charge in [-0.15, -0.1) is 5.10 Å². The highest BCUT2D eigenvalue weighted by atomic mass is 32.2. The van der Waals surface area contributed by atoms with Crippen LogP contribution >= 0.6 is 11.8 Å². The van der Waals surface area contributed by atoms with E-state index in [0.29, 0.717) is 5.17 Å². The molecule has 0 aromatic heterocycles. The van der Waals surface area contributed by atoms with Gasteiger partial charge in [-0.2, -0.15) is 5.10 Å². The Bertz CT molecular complexity index is 871. The van der Waals surface area contributed by atoms with Crippen molar-refractivity contribution in [2.75, 3.05) is 5.32 Å². The van der Waals surface area contributed by atoms with Gasteiger partial charge < -0.3 is 10.6 Å². The number of halogens is 1. The fourth-order valence-electron chi connectivity index (χ4n) is 2.21. The van der Waals surface area contributed by atoms with Gasteiger partial charge in [0.15, 0.2) is 5.17 Å². The number of carbonyl (C=O) groups excluding carboxylic acids is 2. The van der Waals surface area contributed by atoms with E-state index in [9.17, 15) is 14.0 Å². The Hall–Kier alpha value is -3.00. The van der Waals surface area contributed by atoms with Crippen LogP contribution in [0.1, 0.15) is 12.0 Å². The number of hydrogen-bond donors (Lipinski definition) is 2. The predicted octanol–water partition coefficient (Wildman–Crippen LogP) is 2.78. The normalized spacial score (nSPS) is 18.3. The summed E-state index contributed by atoms with van der Waals surface area (Å²) in [6, 6.07) is 15.3. The van der Waals surface area contributed by atoms with Crippen molar-refractivity contribution in [3.63, 3.8) is 0 Å². The summed E-state index contributed by atoms with van der Waals surface area (Å²) in [5, 5.41) is 12.6. The van der Waals surface area contributed by atoms with E-state index < -0.39 is 17.0 Å². The Labute approximate surface area is 153 Å². The fraction of sp³-hybridized carbons (Fsp3) is 0.111. The van der Waals surface area contributed by atoms with E-state index >= 15 is 0 Å². The second-order valence-electron chi connectivity index (χ2n) is 5.39. The van der Waals surface area contributed by atoms with E-state index in [1.807, 2.05) is 30.3 Å². The van der Waals surface area contributed by atoms with Crippen LogP contribution in [-0.4, -0.2) is 28.4 Å². The van der Waals surface area contributed by atoms with E-state index in [0.717, 1.165) is 17.3 Å². The van der Waals surface area contributed by atoms with Crippen LogP contribution < -0.4 is 10.6 Å². The summed E-state index contributed by atoms with van der Waals surface area (Å²) in [4.78, 5) is 24.0. The molecule has 1 heterocycles. The number of rotatable bonds is 5. The molecular weight excluding hydrogens is 355 g/mol. The van der Waals surface area contributed by atoms with Crippen molar-refractivity contribution >= 4 is 40.6 Å². The summed E-state index contributed by atoms with van der Waals surface area (Å²) in [5.74, 6) is -1.30. The highest BCUT2D eigenvalue weighted by Gasteiger charge is 2.32. The average Bonchev–Trinajstić information content (AvgIpc) is 2.97. The Balaban J connectivity index is 1.56. The van der Waals surface area contributed by atoms with Crippen molar-refractivity contribution < 1.29 is 14.0 Å². The van der Waals surface area contributed by atoms with Crippen LogP contribution in [0.3, 0.4) is 0 Å². The largest absolute Gasteiger partial charge is 0.324 e. The van der Waals surface area contributed by atoms with E-state index in [2.05, 4.69) is 20.8 Å². The number of nitrogens with one attached hydrogen (secondary N) is 2. The van der Waals surface area contributed by atoms with Crippen molar-refractivity contribution in [1.29, 1.82) is 0 Å². The lowest BCUT2D eigenvalue weighted by molar-refractivity contribution is -0.122. The molecule has 0 bridgehead atoms. The molecule has 2 N–H and O–H groups in total. The van der Waals surface area contributed by atoms with Crippen molar-refractivity contribution in [2.24, 2.45) is 10.2 Å². The predicted molar refractivity (Wildman–Crippen MR) is 101 cm³/mol. The molecule has 1 aliphatic rings. The fourth-order valence-corrected chi connectivity index (χ4v) is 3.13. The molecule has 1 fully saturated rings. The summed E-state index contributed by atoms with van der Waals surface area (Å²) in [6.07, 6.45) is 1.48. The van der Waals surface area contributed by atoms with Gasteiger partial charge in [0.2, 0.25) is 11.8 Å². The van der Waals surface area contributed by atoms with Crippen LogP contribution in [-0.2, 0) is 9.59 Å². The Morgan fingerprint density at radius 3 is 2.69 bits per heavy atom. The molecule has 26 heavy (non-hydrogen) atoms. The molecule has 0 radical (unpaired) electrons. The Kier molecular flexibility index (Phi) is 5.75. The van der Waals surface area contributed by atoms with Crippen LogP contribution in [0.5, 0.6) is 0 Å². The van der Waals surface area contributed by atoms with Crippen molar-refractivity contribution in [1.82, 2.24) is 5.32 Å². The minimum Gasteiger partial charge on any atom is -0.324 e. The zero-order valence-corrected chi connectivity index (χ0v) is 14.4. The maximum absolute atomic E-state index is 13.5. The van der Waals surface area contributed by atoms with Gasteiger partial charge in [0.1, 0.15) is 11.1 Å². The zero-order valence-electron chi connectivity index (χ0n) is 13.6. The van der Waals surface area contributed by atoms with Crippen molar-refractivity contribution in [2.45, 2.75) is 11.7 Å². The third-order valence-corrected chi connectivity index (χ3v) is 4.52. The molecule has 2 aromatic rings. The summed E-state index contributed by atoms with van der Waals surface area (Å²) in [7, 11) is 0. The van der Waals surface area contributed by atoms with Gasteiger partial charge in [0.05, 0.1) is 11.9 Å². The first kappa shape index (κ1) is 17.8. The van der Waals surface area contributed by atoms with Crippen molar-refractivity contribution in [3.05, 3.63) is 66.0 Å². The highest BCUT2D eigenvalue weighted by molar-refractivity contribution is 8.15. The van der Waals surface area contributed by atoms with Gasteiger partial charge >= 0.3 is 0 Å². The van der Waals surface area contributed by atoms with Crippen LogP contribution in [0.25, 0.3) is 0 Å². The molecule has 132 valence electrons. The second kappa shape index (κ2) is 8.39. The number of anilines is 1. The topological polar surface area (TPSA) is 82.9 Å². The van der Waals surface area contributed by atoms with E-state index in [1.54, 1.807) is 12.3 Å². The minimum atomic E-state index is -0.632. The third kappa shape index (κ3) is 4.76. The minimum absolute atomic E-state index is 0.0854. The quantitative estimate of drug-likeness (QED) is 0.627. The van der Waals surface area contributed by atoms with E-state index in [-0.39, 0.29) is 18.0 Å². The molecule has 1 atom stereocenters. The molecule has 6 nitrogen and oxygen atoms in total. The lowest BCUT2D eigenvalue weighted by atomic mass is 10.2. The van der Waals surface area contributed by atoms with Gasteiger partial charge in [-0.25, -0.2) is 4.39 Å². The monoisotopic (exact) mass is 370 g/mol. The number of carbonyl (C=O) groups is 2. The average molecular weight is 370 g/mol. The smallest absolute Gasteiger partial charge is 0.240 e. The Morgan fingerprint density at radius 2 is 1.92 bits per heavy atom. The molecule has 1 saturated heterocycles. The van der Waals surface area contributed by atoms with Crippen LogP contribution in [0, 0.1) is 5.82 Å². The SMILES string of the molecule is O=C(C[C@@H]1S/C(=N/N=C\c2ccccc2)NC1=O)Nc1ccccc1F. The molecule has 0 unspecified atom stereocenters. The summed E-state index contributed by atoms with van der Waals surface area (Å²) >= 11 is 1.12. The number of amidine groups is 1. The maximum atomic E-state index is 13.5. The van der Waals surface area contributed by atoms with Gasteiger partial charge in [0, 0.05) is 6.42 Å². The molecule has 3 rings (SSSR count). The van der Waals surface area contributed by atoms with E-state index in [4.69, 9.17) is 0 Å². The standard InChI is InChI=1S/C18H15FN4O2S/c19-13-8-4-5-9-14(13)21-16(24)10-15-17(25)22-18(26-15)23-20-11-12-6-2-1-3-7-12/h1-9,11,15H,10H2,(H,21,24)(H,22,23,25)/b20-11-/t15-/m0/s1. The van der Waals surface area contributed by atoms with E-state index in [1.165, 1.54) is 18.2 Å². The summed E-state index contributed by atoms with van der Waals surface area (Å²) in [6.45, 7) is 0. The van der Waals surface area contributed by atoms with Crippen LogP contribution in [0.2, 0.25) is 0 Å². The first-order valence-corrected chi connectivity index (χ1v) is 8.68. The molecule has 2 amide bonds. The molecule has 0 spiro atoms. The molecule has 0 saturated carbocycles. The molecule has 1 aliphatic heterocycles. The summed E-state index contributed by atoms with van der Waals surface area (Å²) < 4.78 is 13.5. The molecular formula is C18H15FN4O2S. The van der Waals surface area contributed by atoms with Gasteiger partial charge in [-0.3, -0.25) is 9.59 Å². The highest BCUT2D eigenvalue weighted by Crippen LogP contribution is 2.23. The van der Waals surface area contributed by atoms with Crippen LogP contribution in [0.4, 0.5) is 10.1 Å². The van der Waals surface area contributed by atoms with Gasteiger partial charge in [-0.05, 0) is 17.7 Å². The summed E-state index contributed by atoms with van der Waals surface area (Å²) in [5.41, 5.74) is 0.967. The third-order valence-electron chi connectivity index (χ3n) is 3.45. The second-order valence-corrected chi connectivity index (χ2v) is 6.58. The molecule has 2 aromatic carbocycles. The molecule has 8 heteroatoms. The van der Waals surface area contributed by atoms with Crippen molar-refractivity contribution in [3.8, 4) is 0 Å². The van der Waals surface area contributed by atoms with Gasteiger partial charge in [-0.1, -0.05) is 54.2 Å². The number of benzene rings is 2. The lowest BCUT2D eigenvalue weighted by Crippen LogP contribution is -2.28. The number of nitrogens with zero attached hydrogens (tertiary/aromatic N) is 2. The first-order chi connectivity index (χ1) is 12.6. The van der Waals surface area contributed by atoms with Gasteiger partial charge in [0.25, 0.3) is 0 Å². The number of hydrogen-bond acceptors (Lipinski definition) is 5. The first-order valence-electron chi connectivity index (χ1n) is 7.80. The van der Waals surface area contributed by atoms with Crippen LogP contribution in [0.15, 0.2) is 64.8 Å². The Morgan fingerprint density at radius 1 is 1.19 bits per heavy atom. The maximum Gasteiger partial charge on any atom is 0.240 e. The number of para-hydroxylation sites is 1. The number of amides is 2. The number of thioether (sulfide) groups is 1. The molecule has 0 aliphatic carbocycles. The lowest BCUT2D eigenvalue weighted by Gasteiger charge is -2.07. The zero-order chi connectivity index (χ0) is 18.4.